The van der Waals surface area contributed by atoms with Gasteiger partial charge in [0.25, 0.3) is 0 Å². The number of benzene rings is 1. The number of hydrogen-bond donors (Lipinski definition) is 2. The van der Waals surface area contributed by atoms with E-state index in [-0.39, 0.29) is 4.90 Å². The lowest BCUT2D eigenvalue weighted by atomic mass is 10.1. The Morgan fingerprint density at radius 3 is 2.53 bits per heavy atom. The molecule has 4 N–H and O–H groups in total. The van der Waals surface area contributed by atoms with Gasteiger partial charge in [-0.1, -0.05) is 0 Å². The van der Waals surface area contributed by atoms with Crippen LogP contribution in [0.5, 0.6) is 0 Å². The Labute approximate surface area is 114 Å². The summed E-state index contributed by atoms with van der Waals surface area (Å²) in [6.45, 7) is 4.81. The largest absolute Gasteiger partial charge is 0.399 e. The average Bonchev–Trinajstić information content (AvgIpc) is 2.26. The lowest BCUT2D eigenvalue weighted by molar-refractivity contribution is 0.275. The second kappa shape index (κ2) is 4.99. The highest BCUT2D eigenvalue weighted by Gasteiger charge is 2.23. The molecule has 0 spiro atoms. The van der Waals surface area contributed by atoms with Gasteiger partial charge in [0.2, 0.25) is 10.0 Å². The second-order valence-corrected chi connectivity index (χ2v) is 6.67. The highest BCUT2D eigenvalue weighted by molar-refractivity contribution is 7.89. The Kier molecular flexibility index (Phi) is 3.71. The van der Waals surface area contributed by atoms with Gasteiger partial charge in [-0.2, -0.15) is 0 Å². The Morgan fingerprint density at radius 2 is 1.95 bits per heavy atom. The van der Waals surface area contributed by atoms with Crippen LogP contribution in [-0.2, 0) is 10.0 Å². The van der Waals surface area contributed by atoms with Gasteiger partial charge in [0.1, 0.15) is 0 Å². The Hall–Kier alpha value is -1.31. The minimum absolute atomic E-state index is 0.0635. The average molecular weight is 284 g/mol. The summed E-state index contributed by atoms with van der Waals surface area (Å²) in [4.78, 5) is 4.47. The predicted molar refractivity (Wildman–Crippen MR) is 76.5 cm³/mol. The van der Waals surface area contributed by atoms with Crippen molar-refractivity contribution < 1.29 is 8.42 Å². The summed E-state index contributed by atoms with van der Waals surface area (Å²) in [6.07, 6.45) is 0. The molecule has 0 saturated carbocycles. The first-order chi connectivity index (χ1) is 8.77. The number of hydrogen-bond acceptors (Lipinski definition) is 5. The molecule has 0 aliphatic carbocycles. The molecule has 6 nitrogen and oxygen atoms in total. The fourth-order valence-corrected chi connectivity index (χ4v) is 3.04. The van der Waals surface area contributed by atoms with E-state index in [0.717, 1.165) is 25.3 Å². The molecule has 1 aromatic carbocycles. The number of likely N-dealkylation sites (N-methyl/N-ethyl adjacent to an activating group) is 1. The molecular formula is C12H20N4O2S. The number of nitrogen functional groups attached to an aromatic ring is 1. The lowest BCUT2D eigenvalue weighted by Gasteiger charge is -2.40. The zero-order chi connectivity index (χ0) is 14.2. The maximum Gasteiger partial charge on any atom is 0.238 e. The van der Waals surface area contributed by atoms with Crippen LogP contribution in [0.2, 0.25) is 0 Å². The predicted octanol–water partition coefficient (Wildman–Crippen LogP) is 0.0565. The number of rotatable bonds is 2. The Balaban J connectivity index is 2.37. The van der Waals surface area contributed by atoms with Gasteiger partial charge >= 0.3 is 0 Å². The maximum absolute atomic E-state index is 11.4. The van der Waals surface area contributed by atoms with E-state index in [1.807, 2.05) is 0 Å². The molecule has 0 amide bonds. The van der Waals surface area contributed by atoms with Crippen molar-refractivity contribution in [2.45, 2.75) is 17.9 Å². The van der Waals surface area contributed by atoms with E-state index in [2.05, 4.69) is 23.8 Å². The van der Waals surface area contributed by atoms with Crippen molar-refractivity contribution in [3.63, 3.8) is 0 Å². The first-order valence-electron chi connectivity index (χ1n) is 6.16. The third-order valence-electron chi connectivity index (χ3n) is 3.40. The third-order valence-corrected chi connectivity index (χ3v) is 4.30. The van der Waals surface area contributed by atoms with E-state index in [1.165, 1.54) is 6.07 Å². The van der Waals surface area contributed by atoms with Crippen LogP contribution in [0.1, 0.15) is 6.92 Å². The molecule has 1 aliphatic heterocycles. The van der Waals surface area contributed by atoms with Crippen LogP contribution in [0.4, 0.5) is 11.4 Å². The van der Waals surface area contributed by atoms with Gasteiger partial charge in [-0.05, 0) is 32.2 Å². The van der Waals surface area contributed by atoms with Crippen LogP contribution in [-0.4, -0.2) is 46.0 Å². The van der Waals surface area contributed by atoms with Crippen LogP contribution >= 0.6 is 0 Å². The minimum Gasteiger partial charge on any atom is -0.399 e. The van der Waals surface area contributed by atoms with Crippen molar-refractivity contribution in [2.24, 2.45) is 5.14 Å². The normalized spacial score (nSPS) is 21.6. The van der Waals surface area contributed by atoms with Crippen LogP contribution in [0, 0.1) is 0 Å². The van der Waals surface area contributed by atoms with Crippen molar-refractivity contribution >= 4 is 21.4 Å². The summed E-state index contributed by atoms with van der Waals surface area (Å²) >= 11 is 0. The van der Waals surface area contributed by atoms with E-state index in [0.29, 0.717) is 11.7 Å². The third kappa shape index (κ3) is 3.17. The topological polar surface area (TPSA) is 92.7 Å². The SMILES string of the molecule is CC1CN(C)CCN1c1cc(N)cc(S(N)(=O)=O)c1. The molecule has 19 heavy (non-hydrogen) atoms. The number of nitrogens with zero attached hydrogens (tertiary/aromatic N) is 2. The fourth-order valence-electron chi connectivity index (χ4n) is 2.46. The van der Waals surface area contributed by atoms with Crippen molar-refractivity contribution in [1.29, 1.82) is 0 Å². The van der Waals surface area contributed by atoms with E-state index in [4.69, 9.17) is 10.9 Å². The fraction of sp³-hybridized carbons (Fsp3) is 0.500. The molecule has 1 aromatic rings. The number of sulfonamides is 1. The summed E-state index contributed by atoms with van der Waals surface area (Å²) in [5.74, 6) is 0. The number of anilines is 2. The van der Waals surface area contributed by atoms with Crippen molar-refractivity contribution in [3.8, 4) is 0 Å². The summed E-state index contributed by atoms with van der Waals surface area (Å²) < 4.78 is 22.9. The van der Waals surface area contributed by atoms with Crippen molar-refractivity contribution in [2.75, 3.05) is 37.3 Å². The first kappa shape index (κ1) is 14.1. The highest BCUT2D eigenvalue weighted by Crippen LogP contribution is 2.26. The van der Waals surface area contributed by atoms with Gasteiger partial charge in [-0.25, -0.2) is 13.6 Å². The monoisotopic (exact) mass is 284 g/mol. The van der Waals surface area contributed by atoms with Crippen LogP contribution < -0.4 is 15.8 Å². The van der Waals surface area contributed by atoms with Crippen LogP contribution in [0.3, 0.4) is 0 Å². The molecule has 1 heterocycles. The molecule has 1 unspecified atom stereocenters. The number of piperazine rings is 1. The first-order valence-corrected chi connectivity index (χ1v) is 7.70. The molecule has 0 radical (unpaired) electrons. The smallest absolute Gasteiger partial charge is 0.238 e. The zero-order valence-electron chi connectivity index (χ0n) is 11.2. The molecule has 1 atom stereocenters. The summed E-state index contributed by atoms with van der Waals surface area (Å²) in [6, 6.07) is 5.07. The van der Waals surface area contributed by atoms with Crippen molar-refractivity contribution in [1.82, 2.24) is 4.90 Å². The van der Waals surface area contributed by atoms with Crippen LogP contribution in [0.15, 0.2) is 23.1 Å². The summed E-state index contributed by atoms with van der Waals surface area (Å²) in [5.41, 5.74) is 7.00. The standard InChI is InChI=1S/C12H20N4O2S/c1-9-8-15(2)3-4-16(9)11-5-10(13)6-12(7-11)19(14,17)18/h5-7,9H,3-4,8,13H2,1-2H3,(H2,14,17,18). The van der Waals surface area contributed by atoms with Gasteiger partial charge in [0, 0.05) is 37.1 Å². The maximum atomic E-state index is 11.4. The van der Waals surface area contributed by atoms with E-state index >= 15 is 0 Å². The lowest BCUT2D eigenvalue weighted by Crippen LogP contribution is -2.50. The number of nitrogens with two attached hydrogens (primary N) is 2. The number of primary sulfonamides is 1. The molecule has 0 aromatic heterocycles. The molecule has 106 valence electrons. The summed E-state index contributed by atoms with van der Waals surface area (Å²) in [5, 5.41) is 5.17. The second-order valence-electron chi connectivity index (χ2n) is 5.11. The van der Waals surface area contributed by atoms with E-state index < -0.39 is 10.0 Å². The molecular weight excluding hydrogens is 264 g/mol. The molecule has 0 bridgehead atoms. The van der Waals surface area contributed by atoms with Crippen molar-refractivity contribution in [3.05, 3.63) is 18.2 Å². The molecule has 1 saturated heterocycles. The van der Waals surface area contributed by atoms with Gasteiger partial charge < -0.3 is 15.5 Å². The minimum atomic E-state index is -3.73. The van der Waals surface area contributed by atoms with E-state index in [9.17, 15) is 8.42 Å². The Morgan fingerprint density at radius 1 is 1.26 bits per heavy atom. The highest BCUT2D eigenvalue weighted by atomic mass is 32.2. The quantitative estimate of drug-likeness (QED) is 0.749. The van der Waals surface area contributed by atoms with Crippen LogP contribution in [0.25, 0.3) is 0 Å². The van der Waals surface area contributed by atoms with Gasteiger partial charge in [-0.3, -0.25) is 0 Å². The molecule has 7 heteroatoms. The summed E-state index contributed by atoms with van der Waals surface area (Å²) in [7, 11) is -1.66. The Bertz CT molecular complexity index is 573. The van der Waals surface area contributed by atoms with Gasteiger partial charge in [0.05, 0.1) is 4.90 Å². The molecule has 2 rings (SSSR count). The zero-order valence-corrected chi connectivity index (χ0v) is 12.0. The van der Waals surface area contributed by atoms with E-state index in [1.54, 1.807) is 12.1 Å². The molecule has 1 aliphatic rings. The van der Waals surface area contributed by atoms with Gasteiger partial charge in [0.15, 0.2) is 0 Å². The molecule has 1 fully saturated rings. The van der Waals surface area contributed by atoms with Gasteiger partial charge in [-0.15, -0.1) is 0 Å².